The van der Waals surface area contributed by atoms with E-state index in [0.29, 0.717) is 0 Å². The number of aromatic nitrogens is 3. The lowest BCUT2D eigenvalue weighted by Crippen LogP contribution is -2.41. The molecule has 0 bridgehead atoms. The predicted molar refractivity (Wildman–Crippen MR) is 131 cm³/mol. The molecule has 0 aliphatic carbocycles. The number of nitrogens with one attached hydrogen (secondary N) is 1. The Bertz CT molecular complexity index is 1420. The van der Waals surface area contributed by atoms with Gasteiger partial charge in [-0.2, -0.15) is 8.78 Å². The van der Waals surface area contributed by atoms with Crippen LogP contribution >= 0.6 is 0 Å². The first-order valence-electron chi connectivity index (χ1n) is 11.9. The fraction of sp³-hybridized carbons (Fsp3) is 0.360. The van der Waals surface area contributed by atoms with Gasteiger partial charge in [-0.25, -0.2) is 24.8 Å². The van der Waals surface area contributed by atoms with E-state index in [1.54, 1.807) is 12.1 Å². The molecule has 5 N–H and O–H groups in total. The van der Waals surface area contributed by atoms with Crippen LogP contribution in [0, 0.1) is 12.7 Å². The fourth-order valence-corrected chi connectivity index (χ4v) is 4.54. The summed E-state index contributed by atoms with van der Waals surface area (Å²) >= 11 is 0. The van der Waals surface area contributed by atoms with Gasteiger partial charge in [0.15, 0.2) is 5.84 Å². The molecule has 0 saturated carbocycles. The van der Waals surface area contributed by atoms with Gasteiger partial charge in [0.05, 0.1) is 30.7 Å². The van der Waals surface area contributed by atoms with Crippen LogP contribution in [-0.2, 0) is 15.5 Å². The molecule has 1 saturated heterocycles. The lowest BCUT2D eigenvalue weighted by Gasteiger charge is -2.32. The Morgan fingerprint density at radius 1 is 1.18 bits per heavy atom. The number of amidine groups is 1. The van der Waals surface area contributed by atoms with Crippen LogP contribution in [0.3, 0.4) is 0 Å². The lowest BCUT2D eigenvalue weighted by atomic mass is 9.88. The van der Waals surface area contributed by atoms with Gasteiger partial charge in [0.25, 0.3) is 0 Å². The average molecular weight is 547 g/mol. The molecule has 39 heavy (non-hydrogen) atoms. The maximum absolute atomic E-state index is 16.1. The maximum Gasteiger partial charge on any atom is 0.316 e. The minimum Gasteiger partial charge on any atom is -0.481 e. The highest BCUT2D eigenvalue weighted by molar-refractivity contribution is 6.01. The maximum atomic E-state index is 16.1. The molecule has 0 amide bonds. The Hall–Kier alpha value is -3.85. The first-order chi connectivity index (χ1) is 18.6. The summed E-state index contributed by atoms with van der Waals surface area (Å²) in [5.74, 6) is -4.66. The zero-order valence-electron chi connectivity index (χ0n) is 20.8. The highest BCUT2D eigenvalue weighted by Crippen LogP contribution is 2.49. The lowest BCUT2D eigenvalue weighted by molar-refractivity contribution is -0.0501. The van der Waals surface area contributed by atoms with E-state index in [0.717, 1.165) is 12.1 Å². The van der Waals surface area contributed by atoms with Crippen molar-refractivity contribution in [3.8, 4) is 17.1 Å². The molecular formula is C25H25F3N6O5. The molecule has 3 unspecified atom stereocenters. The molecule has 4 atom stereocenters. The molecule has 5 rings (SSSR count). The van der Waals surface area contributed by atoms with Crippen molar-refractivity contribution in [2.75, 3.05) is 26.1 Å². The quantitative estimate of drug-likeness (QED) is 0.336. The van der Waals surface area contributed by atoms with E-state index in [1.165, 1.54) is 26.2 Å². The third-order valence-corrected chi connectivity index (χ3v) is 6.45. The van der Waals surface area contributed by atoms with E-state index in [9.17, 15) is 14.6 Å². The van der Waals surface area contributed by atoms with Crippen LogP contribution < -0.4 is 16.0 Å². The summed E-state index contributed by atoms with van der Waals surface area (Å²) in [6, 6.07) is 6.15. The average Bonchev–Trinajstić information content (AvgIpc) is 3.22. The highest BCUT2D eigenvalue weighted by atomic mass is 19.3. The first kappa shape index (κ1) is 26.7. The highest BCUT2D eigenvalue weighted by Gasteiger charge is 2.51. The smallest absolute Gasteiger partial charge is 0.316 e. The van der Waals surface area contributed by atoms with Gasteiger partial charge in [-0.05, 0) is 30.7 Å². The number of nitrogens with zero attached hydrogens (tertiary/aromatic N) is 4. The normalized spacial score (nSPS) is 23.7. The zero-order valence-corrected chi connectivity index (χ0v) is 20.8. The number of alkyl halides is 2. The summed E-state index contributed by atoms with van der Waals surface area (Å²) < 4.78 is 57.1. The number of methoxy groups -OCH3 is 1. The zero-order chi connectivity index (χ0) is 27.9. The van der Waals surface area contributed by atoms with Crippen LogP contribution in [0.15, 0.2) is 41.4 Å². The molecule has 3 aromatic rings. The van der Waals surface area contributed by atoms with E-state index in [4.69, 9.17) is 20.0 Å². The summed E-state index contributed by atoms with van der Waals surface area (Å²) in [7, 11) is 1.40. The van der Waals surface area contributed by atoms with E-state index >= 15 is 8.78 Å². The van der Waals surface area contributed by atoms with Gasteiger partial charge >= 0.3 is 5.92 Å². The third-order valence-electron chi connectivity index (χ3n) is 6.45. The Kier molecular flexibility index (Phi) is 7.11. The third kappa shape index (κ3) is 4.98. The number of hydrogen-bond donors (Lipinski definition) is 4. The van der Waals surface area contributed by atoms with E-state index in [1.807, 2.05) is 0 Å². The van der Waals surface area contributed by atoms with Crippen molar-refractivity contribution in [2.24, 2.45) is 4.99 Å². The van der Waals surface area contributed by atoms with Gasteiger partial charge < -0.3 is 25.4 Å². The van der Waals surface area contributed by atoms with Gasteiger partial charge in [0.2, 0.25) is 11.8 Å². The summed E-state index contributed by atoms with van der Waals surface area (Å²) in [6.45, 7) is 1.15. The number of benzene rings is 1. The van der Waals surface area contributed by atoms with Crippen molar-refractivity contribution in [2.45, 2.75) is 37.2 Å². The molecule has 2 aliphatic rings. The molecular weight excluding hydrogens is 521 g/mol. The van der Waals surface area contributed by atoms with Gasteiger partial charge in [0, 0.05) is 11.6 Å². The number of aryl methyl sites for hydroxylation is 1. The number of halogens is 3. The molecule has 4 heterocycles. The number of aliphatic hydroxyl groups excluding tert-OH is 2. The van der Waals surface area contributed by atoms with Crippen molar-refractivity contribution in [3.05, 3.63) is 64.7 Å². The number of aliphatic hydroxyl groups is 2. The number of fused-ring (bicyclic) bond motifs is 1. The molecule has 2 aromatic heterocycles. The number of hydrogen-bond acceptors (Lipinski definition) is 11. The molecule has 2 aliphatic heterocycles. The van der Waals surface area contributed by atoms with Gasteiger partial charge in [-0.15, -0.1) is 0 Å². The van der Waals surface area contributed by atoms with Gasteiger partial charge in [-0.1, -0.05) is 12.1 Å². The Morgan fingerprint density at radius 3 is 2.69 bits per heavy atom. The minimum atomic E-state index is -3.71. The number of nitrogens with two attached hydrogens (primary N) is 1. The first-order valence-corrected chi connectivity index (χ1v) is 11.9. The fourth-order valence-electron chi connectivity index (χ4n) is 4.54. The van der Waals surface area contributed by atoms with Crippen molar-refractivity contribution in [1.82, 2.24) is 20.4 Å². The van der Waals surface area contributed by atoms with Crippen molar-refractivity contribution in [3.63, 3.8) is 0 Å². The molecule has 1 aromatic carbocycles. The van der Waals surface area contributed by atoms with Crippen LogP contribution in [0.4, 0.5) is 19.1 Å². The summed E-state index contributed by atoms with van der Waals surface area (Å²) in [4.78, 5) is 21.8. The molecule has 206 valence electrons. The number of ether oxygens (including phenoxy) is 2. The monoisotopic (exact) mass is 546 g/mol. The van der Waals surface area contributed by atoms with Crippen LogP contribution in [0.1, 0.15) is 28.6 Å². The minimum absolute atomic E-state index is 0.0420. The number of hydroxylamine groups is 1. The molecule has 1 fully saturated rings. The Morgan fingerprint density at radius 2 is 1.97 bits per heavy atom. The summed E-state index contributed by atoms with van der Waals surface area (Å²) in [5.41, 5.74) is 7.79. The van der Waals surface area contributed by atoms with E-state index in [-0.39, 0.29) is 59.0 Å². The van der Waals surface area contributed by atoms with Crippen LogP contribution in [-0.4, -0.2) is 69.6 Å². The standard InChI is InChI=1S/C25H25F3N6O5/c1-11-19-22(33-24(29)30-11)25(27,28)21(32-23(19)34-39-10-17-20(36)16(35)9-38-17)13-7-6-12(26)8-14(13)15-4-3-5-18(31-15)37-2/h3-8,16-17,20-21,35-36H,9-10H2,1-2H3,(H,32,34)(H2,29,30,33)/t16?,17?,20?,21-/m0/s1. The Labute approximate surface area is 220 Å². The van der Waals surface area contributed by atoms with Crippen LogP contribution in [0.2, 0.25) is 0 Å². The topological polar surface area (TPSA) is 157 Å². The van der Waals surface area contributed by atoms with Crippen molar-refractivity contribution in [1.29, 1.82) is 0 Å². The van der Waals surface area contributed by atoms with Gasteiger partial charge in [0.1, 0.15) is 42.5 Å². The molecule has 0 radical (unpaired) electrons. The molecule has 14 heteroatoms. The second-order valence-electron chi connectivity index (χ2n) is 9.03. The number of rotatable bonds is 6. The van der Waals surface area contributed by atoms with Crippen LogP contribution in [0.25, 0.3) is 11.3 Å². The SMILES string of the molecule is COc1cccc(-c2cc(F)ccc2[C@@H]2N=C(NOCC3OCC(O)C3O)c3c(C)nc(N)nc3C2(F)F)n1. The van der Waals surface area contributed by atoms with E-state index in [2.05, 4.69) is 25.4 Å². The van der Waals surface area contributed by atoms with Crippen LogP contribution in [0.5, 0.6) is 5.88 Å². The van der Waals surface area contributed by atoms with Crippen molar-refractivity contribution < 1.29 is 37.7 Å². The largest absolute Gasteiger partial charge is 0.481 e. The Balaban J connectivity index is 1.58. The van der Waals surface area contributed by atoms with E-state index < -0.39 is 41.8 Å². The molecule has 0 spiro atoms. The number of nitrogen functional groups attached to an aromatic ring is 1. The number of aliphatic imine (C=N–C) groups is 1. The summed E-state index contributed by atoms with van der Waals surface area (Å²) in [6.07, 6.45) is -3.12. The van der Waals surface area contributed by atoms with Gasteiger partial charge in [-0.3, -0.25) is 9.83 Å². The molecule has 11 nitrogen and oxygen atoms in total. The second-order valence-corrected chi connectivity index (χ2v) is 9.03. The van der Waals surface area contributed by atoms with Crippen molar-refractivity contribution >= 4 is 11.8 Å². The number of anilines is 1. The predicted octanol–water partition coefficient (Wildman–Crippen LogP) is 1.81. The number of pyridine rings is 1. The second kappa shape index (κ2) is 10.4. The summed E-state index contributed by atoms with van der Waals surface area (Å²) in [5, 5.41) is 19.7.